The summed E-state index contributed by atoms with van der Waals surface area (Å²) >= 11 is 0. The molecule has 0 spiro atoms. The third-order valence-electron chi connectivity index (χ3n) is 3.75. The van der Waals surface area contributed by atoms with E-state index >= 15 is 0 Å². The number of methoxy groups -OCH3 is 1. The number of carboxylic acids is 1. The van der Waals surface area contributed by atoms with Gasteiger partial charge in [0.05, 0.1) is 7.11 Å². The van der Waals surface area contributed by atoms with E-state index in [2.05, 4.69) is 4.98 Å². The lowest BCUT2D eigenvalue weighted by Crippen LogP contribution is -2.32. The van der Waals surface area contributed by atoms with Crippen molar-refractivity contribution in [3.63, 3.8) is 0 Å². The van der Waals surface area contributed by atoms with E-state index < -0.39 is 5.97 Å². The van der Waals surface area contributed by atoms with Gasteiger partial charge in [-0.3, -0.25) is 9.59 Å². The molecule has 0 aliphatic rings. The lowest BCUT2D eigenvalue weighted by Gasteiger charge is -2.23. The number of ether oxygens (including phenoxy) is 1. The molecule has 1 aromatic heterocycles. The van der Waals surface area contributed by atoms with Crippen LogP contribution in [0.1, 0.15) is 34.5 Å². The van der Waals surface area contributed by atoms with Crippen LogP contribution in [0.15, 0.2) is 42.5 Å². The summed E-state index contributed by atoms with van der Waals surface area (Å²) in [4.78, 5) is 29.6. The number of carbonyl (C=O) groups excluding carboxylic acids is 1. The Labute approximate surface area is 147 Å². The van der Waals surface area contributed by atoms with Crippen LogP contribution in [0.4, 0.5) is 0 Å². The number of amides is 1. The third kappa shape index (κ3) is 5.31. The first-order valence-electron chi connectivity index (χ1n) is 8.08. The SMILES string of the molecule is COc1nc(C)ccc1C(=O)N(CCCC(=O)O)Cc1ccccc1. The molecule has 1 amide bonds. The van der Waals surface area contributed by atoms with Crippen LogP contribution < -0.4 is 4.74 Å². The van der Waals surface area contributed by atoms with E-state index in [-0.39, 0.29) is 18.2 Å². The summed E-state index contributed by atoms with van der Waals surface area (Å²) < 4.78 is 5.24. The minimum absolute atomic E-state index is 0.0157. The first-order chi connectivity index (χ1) is 12.0. The van der Waals surface area contributed by atoms with Gasteiger partial charge in [-0.2, -0.15) is 0 Å². The van der Waals surface area contributed by atoms with Crippen molar-refractivity contribution in [2.24, 2.45) is 0 Å². The summed E-state index contributed by atoms with van der Waals surface area (Å²) in [5, 5.41) is 8.85. The fourth-order valence-electron chi connectivity index (χ4n) is 2.50. The Balaban J connectivity index is 2.23. The van der Waals surface area contributed by atoms with Crippen molar-refractivity contribution in [1.82, 2.24) is 9.88 Å². The number of nitrogens with zero attached hydrogens (tertiary/aromatic N) is 2. The highest BCUT2D eigenvalue weighted by Crippen LogP contribution is 2.19. The van der Waals surface area contributed by atoms with Crippen LogP contribution in [-0.2, 0) is 11.3 Å². The highest BCUT2D eigenvalue weighted by molar-refractivity contribution is 5.96. The summed E-state index contributed by atoms with van der Waals surface area (Å²) in [6.45, 7) is 2.57. The minimum Gasteiger partial charge on any atom is -0.481 e. The van der Waals surface area contributed by atoms with Crippen molar-refractivity contribution in [3.05, 3.63) is 59.3 Å². The Morgan fingerprint density at radius 1 is 1.16 bits per heavy atom. The number of carboxylic acid groups (broad SMARTS) is 1. The highest BCUT2D eigenvalue weighted by Gasteiger charge is 2.21. The van der Waals surface area contributed by atoms with Gasteiger partial charge in [0.1, 0.15) is 5.56 Å². The Kier molecular flexibility index (Phi) is 6.51. The summed E-state index contributed by atoms with van der Waals surface area (Å²) in [6, 6.07) is 13.0. The molecule has 1 N–H and O–H groups in total. The summed E-state index contributed by atoms with van der Waals surface area (Å²) in [7, 11) is 1.48. The number of pyridine rings is 1. The molecule has 0 aliphatic carbocycles. The van der Waals surface area contributed by atoms with E-state index in [1.165, 1.54) is 7.11 Å². The number of rotatable bonds is 8. The van der Waals surface area contributed by atoms with E-state index in [0.29, 0.717) is 25.1 Å². The van der Waals surface area contributed by atoms with Gasteiger partial charge in [-0.15, -0.1) is 0 Å². The standard InChI is InChI=1S/C19H22N2O4/c1-14-10-11-16(18(20-14)25-2)19(24)21(12-6-9-17(22)23)13-15-7-4-3-5-8-15/h3-5,7-8,10-11H,6,9,12-13H2,1-2H3,(H,22,23). The molecule has 132 valence electrons. The van der Waals surface area contributed by atoms with Gasteiger partial charge in [0, 0.05) is 25.2 Å². The van der Waals surface area contributed by atoms with Crippen LogP contribution in [0.3, 0.4) is 0 Å². The van der Waals surface area contributed by atoms with E-state index in [0.717, 1.165) is 11.3 Å². The average Bonchev–Trinajstić information content (AvgIpc) is 2.60. The maximum absolute atomic E-state index is 13.0. The molecule has 2 rings (SSSR count). The Morgan fingerprint density at radius 2 is 1.88 bits per heavy atom. The van der Waals surface area contributed by atoms with Gasteiger partial charge in [0.2, 0.25) is 5.88 Å². The molecule has 1 heterocycles. The number of hydrogen-bond donors (Lipinski definition) is 1. The highest BCUT2D eigenvalue weighted by atomic mass is 16.5. The predicted octanol–water partition coefficient (Wildman–Crippen LogP) is 2.91. The van der Waals surface area contributed by atoms with Gasteiger partial charge >= 0.3 is 5.97 Å². The quantitative estimate of drug-likeness (QED) is 0.798. The van der Waals surface area contributed by atoms with Crippen molar-refractivity contribution in [3.8, 4) is 5.88 Å². The van der Waals surface area contributed by atoms with Crippen molar-refractivity contribution in [1.29, 1.82) is 0 Å². The molecule has 0 saturated heterocycles. The molecule has 0 saturated carbocycles. The third-order valence-corrected chi connectivity index (χ3v) is 3.75. The molecule has 0 radical (unpaired) electrons. The molecule has 6 nitrogen and oxygen atoms in total. The molecule has 0 unspecified atom stereocenters. The normalized spacial score (nSPS) is 10.3. The Morgan fingerprint density at radius 3 is 2.52 bits per heavy atom. The summed E-state index contributed by atoms with van der Waals surface area (Å²) in [5.74, 6) is -0.818. The van der Waals surface area contributed by atoms with Crippen LogP contribution in [0, 0.1) is 6.92 Å². The van der Waals surface area contributed by atoms with Crippen LogP contribution in [-0.4, -0.2) is 40.5 Å². The number of aryl methyl sites for hydroxylation is 1. The smallest absolute Gasteiger partial charge is 0.303 e. The second-order valence-electron chi connectivity index (χ2n) is 5.72. The number of hydrogen-bond acceptors (Lipinski definition) is 4. The summed E-state index contributed by atoms with van der Waals surface area (Å²) in [5.41, 5.74) is 2.11. The van der Waals surface area contributed by atoms with Gasteiger partial charge in [-0.25, -0.2) is 4.98 Å². The predicted molar refractivity (Wildman–Crippen MR) is 93.6 cm³/mol. The zero-order valence-corrected chi connectivity index (χ0v) is 14.4. The first-order valence-corrected chi connectivity index (χ1v) is 8.08. The molecule has 0 aliphatic heterocycles. The van der Waals surface area contributed by atoms with Gasteiger partial charge in [-0.05, 0) is 31.0 Å². The molecule has 0 bridgehead atoms. The maximum Gasteiger partial charge on any atom is 0.303 e. The van der Waals surface area contributed by atoms with Crippen LogP contribution in [0.2, 0.25) is 0 Å². The number of aromatic nitrogens is 1. The van der Waals surface area contributed by atoms with Gasteiger partial charge in [0.25, 0.3) is 5.91 Å². The van der Waals surface area contributed by atoms with E-state index in [4.69, 9.17) is 9.84 Å². The fraction of sp³-hybridized carbons (Fsp3) is 0.316. The zero-order chi connectivity index (χ0) is 18.2. The maximum atomic E-state index is 13.0. The Bertz CT molecular complexity index is 731. The fourth-order valence-corrected chi connectivity index (χ4v) is 2.50. The van der Waals surface area contributed by atoms with Gasteiger partial charge in [-0.1, -0.05) is 30.3 Å². The molecular formula is C19H22N2O4. The van der Waals surface area contributed by atoms with Crippen molar-refractivity contribution < 1.29 is 19.4 Å². The molecule has 2 aromatic rings. The molecule has 0 atom stereocenters. The van der Waals surface area contributed by atoms with Gasteiger partial charge in [0.15, 0.2) is 0 Å². The van der Waals surface area contributed by atoms with Crippen LogP contribution in [0.5, 0.6) is 5.88 Å². The lowest BCUT2D eigenvalue weighted by molar-refractivity contribution is -0.137. The zero-order valence-electron chi connectivity index (χ0n) is 14.4. The van der Waals surface area contributed by atoms with E-state index in [1.54, 1.807) is 17.0 Å². The number of aliphatic carboxylic acids is 1. The second-order valence-corrected chi connectivity index (χ2v) is 5.72. The minimum atomic E-state index is -0.873. The van der Waals surface area contributed by atoms with Crippen molar-refractivity contribution >= 4 is 11.9 Å². The monoisotopic (exact) mass is 342 g/mol. The summed E-state index contributed by atoms with van der Waals surface area (Å²) in [6.07, 6.45) is 0.400. The molecule has 1 aromatic carbocycles. The largest absolute Gasteiger partial charge is 0.481 e. The van der Waals surface area contributed by atoms with E-state index in [1.807, 2.05) is 37.3 Å². The topological polar surface area (TPSA) is 79.7 Å². The van der Waals surface area contributed by atoms with Gasteiger partial charge < -0.3 is 14.7 Å². The van der Waals surface area contributed by atoms with Crippen molar-refractivity contribution in [2.75, 3.05) is 13.7 Å². The second kappa shape index (κ2) is 8.82. The molecular weight excluding hydrogens is 320 g/mol. The average molecular weight is 342 g/mol. The van der Waals surface area contributed by atoms with Crippen molar-refractivity contribution in [2.45, 2.75) is 26.3 Å². The van der Waals surface area contributed by atoms with E-state index in [9.17, 15) is 9.59 Å². The number of carbonyl (C=O) groups is 2. The Hall–Kier alpha value is -2.89. The van der Waals surface area contributed by atoms with Crippen LogP contribution in [0.25, 0.3) is 0 Å². The number of benzene rings is 1. The molecule has 25 heavy (non-hydrogen) atoms. The molecule has 0 fully saturated rings. The lowest BCUT2D eigenvalue weighted by atomic mass is 10.1. The van der Waals surface area contributed by atoms with Crippen LogP contribution >= 0.6 is 0 Å². The molecule has 6 heteroatoms. The first kappa shape index (κ1) is 18.4.